The minimum atomic E-state index is -0.802. The molecule has 0 aromatic heterocycles. The smallest absolute Gasteiger partial charge is 0.219 e. The SMILES string of the molecule is [BH3-][P+](C)(c1cc[cH-]c1)c1cc[cH-]c1.[Fe+2].[Fe+2].c1cc[cH-]c1.c1cc[cH-]c1. The standard InChI is InChI=1S/C11H14BP.2C5H5.2Fe/c1-13(12,10-6-2-3-7-10)11-8-4-5-9-11;2*1-2-4-5-3-1;;/h2-9H,1,12H3;2*1-5H;;/q-2;2*-1;2*+2. The van der Waals surface area contributed by atoms with Gasteiger partial charge in [0.15, 0.2) is 0 Å². The zero-order valence-corrected chi connectivity index (χ0v) is 16.6. The second-order valence-electron chi connectivity index (χ2n) is 4.77. The Morgan fingerprint density at radius 2 is 1.00 bits per heavy atom. The summed E-state index contributed by atoms with van der Waals surface area (Å²) >= 11 is 0. The van der Waals surface area contributed by atoms with Crippen molar-refractivity contribution in [2.75, 3.05) is 6.66 Å². The maximum Gasteiger partial charge on any atom is 2.00 e. The minimum Gasteiger partial charge on any atom is -0.219 e. The van der Waals surface area contributed by atoms with Crippen LogP contribution in [-0.4, -0.2) is 14.2 Å². The number of hydrogen-bond acceptors (Lipinski definition) is 0. The third-order valence-electron chi connectivity index (χ3n) is 3.18. The third-order valence-corrected chi connectivity index (χ3v) is 5.32. The van der Waals surface area contributed by atoms with Crippen LogP contribution in [0.4, 0.5) is 0 Å². The zero-order valence-electron chi connectivity index (χ0n) is 13.5. The Balaban J connectivity index is 0.000000400. The molecular weight excluding hydrogens is 406 g/mol. The van der Waals surface area contributed by atoms with Gasteiger partial charge in [0.2, 0.25) is 0 Å². The van der Waals surface area contributed by atoms with Crippen LogP contribution in [0.1, 0.15) is 0 Å². The fourth-order valence-electron chi connectivity index (χ4n) is 1.97. The van der Waals surface area contributed by atoms with Crippen molar-refractivity contribution < 1.29 is 34.1 Å². The normalized spacial score (nSPS) is 9.36. The summed E-state index contributed by atoms with van der Waals surface area (Å²) in [5, 5.41) is 3.22. The first kappa shape index (κ1) is 23.9. The summed E-state index contributed by atoms with van der Waals surface area (Å²) in [6, 6.07) is 37.9. The average molecular weight is 430 g/mol. The summed E-state index contributed by atoms with van der Waals surface area (Å²) in [5.41, 5.74) is 0. The van der Waals surface area contributed by atoms with Gasteiger partial charge in [-0.1, -0.05) is 0 Å². The maximum atomic E-state index is 2.48. The quantitative estimate of drug-likeness (QED) is 0.258. The zero-order chi connectivity index (χ0) is 16.4. The Hall–Kier alpha value is -1.07. The topological polar surface area (TPSA) is 0 Å². The van der Waals surface area contributed by atoms with Crippen LogP contribution in [0, 0.1) is 0 Å². The third kappa shape index (κ3) is 8.24. The van der Waals surface area contributed by atoms with E-state index in [4.69, 9.17) is 0 Å². The first-order valence-corrected chi connectivity index (χ1v) is 9.17. The van der Waals surface area contributed by atoms with E-state index in [2.05, 4.69) is 55.2 Å². The van der Waals surface area contributed by atoms with Gasteiger partial charge in [-0.15, -0.1) is 22.7 Å². The molecule has 0 saturated heterocycles. The molecule has 4 heteroatoms. The van der Waals surface area contributed by atoms with E-state index in [0.717, 1.165) is 0 Å². The van der Waals surface area contributed by atoms with E-state index in [0.29, 0.717) is 7.57 Å². The van der Waals surface area contributed by atoms with Crippen LogP contribution >= 0.6 is 7.14 Å². The van der Waals surface area contributed by atoms with Crippen LogP contribution in [0.5, 0.6) is 0 Å². The molecule has 0 radical (unpaired) electrons. The van der Waals surface area contributed by atoms with Gasteiger partial charge in [-0.2, -0.15) is 72.8 Å². The Kier molecular flexibility index (Phi) is 12.6. The molecule has 0 bridgehead atoms. The summed E-state index contributed by atoms with van der Waals surface area (Å²) in [6.45, 7) is 2.48. The van der Waals surface area contributed by atoms with E-state index in [1.165, 1.54) is 0 Å². The van der Waals surface area contributed by atoms with Crippen molar-refractivity contribution in [3.05, 3.63) is 109 Å². The first-order valence-electron chi connectivity index (χ1n) is 7.38. The molecule has 0 nitrogen and oxygen atoms in total. The second-order valence-corrected chi connectivity index (χ2v) is 6.92. The number of rotatable bonds is 2. The molecular formula is C21H24BFe2P. The van der Waals surface area contributed by atoms with Crippen LogP contribution < -0.4 is 10.6 Å². The van der Waals surface area contributed by atoms with E-state index < -0.39 is 7.14 Å². The van der Waals surface area contributed by atoms with Gasteiger partial charge in [-0.05, 0) is 6.66 Å². The van der Waals surface area contributed by atoms with E-state index in [1.54, 1.807) is 10.6 Å². The number of hydrogen-bond donors (Lipinski definition) is 0. The Morgan fingerprint density at radius 3 is 1.20 bits per heavy atom. The van der Waals surface area contributed by atoms with Gasteiger partial charge in [0.25, 0.3) is 0 Å². The Morgan fingerprint density at radius 1 is 0.640 bits per heavy atom. The van der Waals surface area contributed by atoms with Crippen LogP contribution in [-0.2, 0) is 34.1 Å². The average Bonchev–Trinajstić information content (AvgIpc) is 3.44. The predicted octanol–water partition coefficient (Wildman–Crippen LogP) is 3.81. The summed E-state index contributed by atoms with van der Waals surface area (Å²) in [6.07, 6.45) is 0. The fourth-order valence-corrected chi connectivity index (χ4v) is 3.50. The van der Waals surface area contributed by atoms with Gasteiger partial charge in [-0.25, -0.2) is 31.4 Å². The fraction of sp³-hybridized carbons (Fsp3) is 0.0476. The molecule has 0 aliphatic heterocycles. The first-order chi connectivity index (χ1) is 11.2. The van der Waals surface area contributed by atoms with E-state index >= 15 is 0 Å². The van der Waals surface area contributed by atoms with Crippen molar-refractivity contribution in [3.8, 4) is 0 Å². The van der Waals surface area contributed by atoms with E-state index in [1.807, 2.05) is 60.7 Å². The van der Waals surface area contributed by atoms with Crippen molar-refractivity contribution in [1.82, 2.24) is 0 Å². The monoisotopic (exact) mass is 430 g/mol. The second kappa shape index (κ2) is 13.2. The summed E-state index contributed by atoms with van der Waals surface area (Å²) in [5.74, 6) is 0. The molecule has 25 heavy (non-hydrogen) atoms. The summed E-state index contributed by atoms with van der Waals surface area (Å²) < 4.78 is 0. The molecule has 0 fully saturated rings. The summed E-state index contributed by atoms with van der Waals surface area (Å²) in [7, 11) is -0.422. The molecule has 4 rings (SSSR count). The molecule has 132 valence electrons. The predicted molar refractivity (Wildman–Crippen MR) is 110 cm³/mol. The van der Waals surface area contributed by atoms with Gasteiger partial charge in [0.05, 0.1) is 0 Å². The van der Waals surface area contributed by atoms with Crippen LogP contribution in [0.15, 0.2) is 109 Å². The molecule has 0 amide bonds. The van der Waals surface area contributed by atoms with Crippen molar-refractivity contribution in [3.63, 3.8) is 0 Å². The van der Waals surface area contributed by atoms with E-state index in [9.17, 15) is 0 Å². The molecule has 0 aliphatic rings. The van der Waals surface area contributed by atoms with Gasteiger partial charge in [-0.3, -0.25) is 0 Å². The molecule has 0 aliphatic carbocycles. The molecule has 4 aromatic rings. The van der Waals surface area contributed by atoms with E-state index in [-0.39, 0.29) is 34.1 Å². The van der Waals surface area contributed by atoms with Crippen molar-refractivity contribution in [1.29, 1.82) is 0 Å². The molecule has 0 heterocycles. The maximum absolute atomic E-state index is 2.48. The van der Waals surface area contributed by atoms with Crippen LogP contribution in [0.3, 0.4) is 0 Å². The summed E-state index contributed by atoms with van der Waals surface area (Å²) in [4.78, 5) is 0. The van der Waals surface area contributed by atoms with Gasteiger partial charge in [0.1, 0.15) is 7.57 Å². The van der Waals surface area contributed by atoms with Crippen molar-refractivity contribution in [2.24, 2.45) is 0 Å². The van der Waals surface area contributed by atoms with Crippen LogP contribution in [0.2, 0.25) is 0 Å². The van der Waals surface area contributed by atoms with Gasteiger partial charge < -0.3 is 0 Å². The molecule has 4 aromatic carbocycles. The molecule has 0 saturated carbocycles. The van der Waals surface area contributed by atoms with Gasteiger partial charge >= 0.3 is 34.1 Å². The van der Waals surface area contributed by atoms with Crippen LogP contribution in [0.25, 0.3) is 0 Å². The molecule has 0 spiro atoms. The van der Waals surface area contributed by atoms with Gasteiger partial charge in [0, 0.05) is 0 Å². The molecule has 0 unspecified atom stereocenters. The minimum absolute atomic E-state index is 0. The largest absolute Gasteiger partial charge is 2.00 e. The van der Waals surface area contributed by atoms with Crippen molar-refractivity contribution in [2.45, 2.75) is 0 Å². The molecule has 0 atom stereocenters. The Bertz CT molecular complexity index is 597. The molecule has 0 N–H and O–H groups in total. The Labute approximate surface area is 174 Å². The van der Waals surface area contributed by atoms with Crippen molar-refractivity contribution >= 4 is 25.3 Å².